The standard InChI is InChI=1S/C19H20N2O6/c1-12-8-16(17(21(24)25)9-13(12)2)20-18(22)11-27-19(23)15-6-4-14(5-7-15)10-26-3/h4-9H,10-11H2,1-3H3,(H,20,22). The zero-order valence-electron chi connectivity index (χ0n) is 15.3. The number of benzene rings is 2. The van der Waals surface area contributed by atoms with E-state index in [1.165, 1.54) is 12.1 Å². The van der Waals surface area contributed by atoms with Gasteiger partial charge in [-0.3, -0.25) is 14.9 Å². The molecule has 0 radical (unpaired) electrons. The van der Waals surface area contributed by atoms with Gasteiger partial charge in [-0.15, -0.1) is 0 Å². The highest BCUT2D eigenvalue weighted by molar-refractivity contribution is 5.97. The Bertz CT molecular complexity index is 861. The number of amides is 1. The van der Waals surface area contributed by atoms with Gasteiger partial charge in [-0.05, 0) is 48.7 Å². The molecule has 0 atom stereocenters. The van der Waals surface area contributed by atoms with Crippen molar-refractivity contribution in [3.8, 4) is 0 Å². The van der Waals surface area contributed by atoms with Crippen LogP contribution < -0.4 is 5.32 Å². The summed E-state index contributed by atoms with van der Waals surface area (Å²) in [6.45, 7) is 3.39. The molecule has 0 unspecified atom stereocenters. The third-order valence-electron chi connectivity index (χ3n) is 3.92. The predicted molar refractivity (Wildman–Crippen MR) is 98.6 cm³/mol. The van der Waals surface area contributed by atoms with Crippen molar-refractivity contribution in [2.24, 2.45) is 0 Å². The maximum Gasteiger partial charge on any atom is 0.338 e. The first kappa shape index (κ1) is 20.1. The van der Waals surface area contributed by atoms with Crippen molar-refractivity contribution in [2.75, 3.05) is 19.0 Å². The van der Waals surface area contributed by atoms with E-state index in [1.54, 1.807) is 45.2 Å². The Kier molecular flexibility index (Phi) is 6.62. The smallest absolute Gasteiger partial charge is 0.338 e. The van der Waals surface area contributed by atoms with Gasteiger partial charge in [0.1, 0.15) is 5.69 Å². The Labute approximate surface area is 156 Å². The Balaban J connectivity index is 1.99. The summed E-state index contributed by atoms with van der Waals surface area (Å²) in [5, 5.41) is 13.6. The number of aryl methyl sites for hydroxylation is 2. The average molecular weight is 372 g/mol. The maximum atomic E-state index is 12.0. The van der Waals surface area contributed by atoms with E-state index in [4.69, 9.17) is 9.47 Å². The summed E-state index contributed by atoms with van der Waals surface area (Å²) in [4.78, 5) is 34.6. The minimum absolute atomic E-state index is 0.0630. The van der Waals surface area contributed by atoms with Crippen LogP contribution in [0.1, 0.15) is 27.0 Å². The first-order valence-corrected chi connectivity index (χ1v) is 8.12. The molecule has 2 aromatic rings. The molecule has 0 aliphatic rings. The SMILES string of the molecule is COCc1ccc(C(=O)OCC(=O)Nc2cc(C)c(C)cc2[N+](=O)[O-])cc1. The number of nitro groups is 1. The summed E-state index contributed by atoms with van der Waals surface area (Å²) < 4.78 is 9.95. The van der Waals surface area contributed by atoms with E-state index in [9.17, 15) is 19.7 Å². The molecule has 8 heteroatoms. The fourth-order valence-electron chi connectivity index (χ4n) is 2.36. The quantitative estimate of drug-likeness (QED) is 0.454. The third kappa shape index (κ3) is 5.35. The van der Waals surface area contributed by atoms with Crippen LogP contribution in [-0.4, -0.2) is 30.5 Å². The number of ether oxygens (including phenoxy) is 2. The first-order valence-electron chi connectivity index (χ1n) is 8.12. The summed E-state index contributed by atoms with van der Waals surface area (Å²) in [7, 11) is 1.57. The molecule has 0 heterocycles. The molecule has 0 bridgehead atoms. The largest absolute Gasteiger partial charge is 0.452 e. The van der Waals surface area contributed by atoms with E-state index in [-0.39, 0.29) is 11.4 Å². The zero-order valence-corrected chi connectivity index (χ0v) is 15.3. The Hall–Kier alpha value is -3.26. The van der Waals surface area contributed by atoms with Crippen LogP contribution in [0, 0.1) is 24.0 Å². The number of hydrogen-bond donors (Lipinski definition) is 1. The van der Waals surface area contributed by atoms with Crippen molar-refractivity contribution >= 4 is 23.3 Å². The summed E-state index contributed by atoms with van der Waals surface area (Å²) in [5.74, 6) is -1.32. The second-order valence-corrected chi connectivity index (χ2v) is 5.96. The lowest BCUT2D eigenvalue weighted by molar-refractivity contribution is -0.384. The van der Waals surface area contributed by atoms with Gasteiger partial charge in [0, 0.05) is 13.2 Å². The van der Waals surface area contributed by atoms with Crippen LogP contribution in [0.25, 0.3) is 0 Å². The van der Waals surface area contributed by atoms with Gasteiger partial charge in [0.15, 0.2) is 6.61 Å². The second kappa shape index (κ2) is 8.91. The summed E-state index contributed by atoms with van der Waals surface area (Å²) in [5.41, 5.74) is 2.57. The molecular weight excluding hydrogens is 352 g/mol. The highest BCUT2D eigenvalue weighted by Crippen LogP contribution is 2.27. The molecule has 0 saturated carbocycles. The molecule has 1 N–H and O–H groups in total. The van der Waals surface area contributed by atoms with Gasteiger partial charge in [-0.25, -0.2) is 4.79 Å². The van der Waals surface area contributed by atoms with Crippen molar-refractivity contribution < 1.29 is 24.0 Å². The molecule has 0 saturated heterocycles. The molecule has 8 nitrogen and oxygen atoms in total. The second-order valence-electron chi connectivity index (χ2n) is 5.96. The van der Waals surface area contributed by atoms with Crippen molar-refractivity contribution in [3.05, 3.63) is 68.8 Å². The fraction of sp³-hybridized carbons (Fsp3) is 0.263. The number of carbonyl (C=O) groups is 2. The molecule has 2 rings (SSSR count). The highest BCUT2D eigenvalue weighted by atomic mass is 16.6. The van der Waals surface area contributed by atoms with Crippen LogP contribution >= 0.6 is 0 Å². The predicted octanol–water partition coefficient (Wildman–Crippen LogP) is 3.15. The third-order valence-corrected chi connectivity index (χ3v) is 3.92. The van der Waals surface area contributed by atoms with Crippen LogP contribution in [0.4, 0.5) is 11.4 Å². The molecule has 0 fully saturated rings. The highest BCUT2D eigenvalue weighted by Gasteiger charge is 2.18. The van der Waals surface area contributed by atoms with E-state index >= 15 is 0 Å². The van der Waals surface area contributed by atoms with Gasteiger partial charge in [-0.1, -0.05) is 12.1 Å². The molecule has 142 valence electrons. The number of hydrogen-bond acceptors (Lipinski definition) is 6. The van der Waals surface area contributed by atoms with Crippen LogP contribution in [0.15, 0.2) is 36.4 Å². The lowest BCUT2D eigenvalue weighted by atomic mass is 10.1. The molecule has 2 aromatic carbocycles. The average Bonchev–Trinajstić information content (AvgIpc) is 2.63. The first-order chi connectivity index (χ1) is 12.8. The zero-order chi connectivity index (χ0) is 20.0. The van der Waals surface area contributed by atoms with E-state index in [2.05, 4.69) is 5.32 Å². The maximum absolute atomic E-state index is 12.0. The lowest BCUT2D eigenvalue weighted by Gasteiger charge is -2.09. The molecule has 0 aliphatic carbocycles. The molecule has 27 heavy (non-hydrogen) atoms. The molecule has 0 aromatic heterocycles. The van der Waals surface area contributed by atoms with E-state index in [0.717, 1.165) is 16.7 Å². The number of esters is 1. The van der Waals surface area contributed by atoms with Crippen molar-refractivity contribution in [1.29, 1.82) is 0 Å². The van der Waals surface area contributed by atoms with Crippen LogP contribution in [-0.2, 0) is 20.9 Å². The number of nitrogens with one attached hydrogen (secondary N) is 1. The molecular formula is C19H20N2O6. The Morgan fingerprint density at radius 2 is 1.74 bits per heavy atom. The van der Waals surface area contributed by atoms with Gasteiger partial charge in [0.25, 0.3) is 11.6 Å². The normalized spacial score (nSPS) is 10.3. The molecule has 0 spiro atoms. The number of carbonyl (C=O) groups excluding carboxylic acids is 2. The van der Waals surface area contributed by atoms with Crippen LogP contribution in [0.3, 0.4) is 0 Å². The van der Waals surface area contributed by atoms with Crippen LogP contribution in [0.5, 0.6) is 0 Å². The van der Waals surface area contributed by atoms with Gasteiger partial charge in [0.05, 0.1) is 17.1 Å². The van der Waals surface area contributed by atoms with E-state index < -0.39 is 23.4 Å². The number of nitro benzene ring substituents is 1. The van der Waals surface area contributed by atoms with Crippen molar-refractivity contribution in [3.63, 3.8) is 0 Å². The van der Waals surface area contributed by atoms with Crippen LogP contribution in [0.2, 0.25) is 0 Å². The van der Waals surface area contributed by atoms with Gasteiger partial charge in [-0.2, -0.15) is 0 Å². The number of methoxy groups -OCH3 is 1. The number of nitrogens with zero attached hydrogens (tertiary/aromatic N) is 1. The Morgan fingerprint density at radius 3 is 2.33 bits per heavy atom. The molecule has 0 aliphatic heterocycles. The van der Waals surface area contributed by atoms with Gasteiger partial charge >= 0.3 is 5.97 Å². The monoisotopic (exact) mass is 372 g/mol. The Morgan fingerprint density at radius 1 is 1.11 bits per heavy atom. The van der Waals surface area contributed by atoms with Gasteiger partial charge < -0.3 is 14.8 Å². The topological polar surface area (TPSA) is 108 Å². The summed E-state index contributed by atoms with van der Waals surface area (Å²) in [6, 6.07) is 9.49. The minimum Gasteiger partial charge on any atom is -0.452 e. The number of rotatable bonds is 7. The summed E-state index contributed by atoms with van der Waals surface area (Å²) >= 11 is 0. The lowest BCUT2D eigenvalue weighted by Crippen LogP contribution is -2.21. The fourth-order valence-corrected chi connectivity index (χ4v) is 2.36. The molecule has 1 amide bonds. The van der Waals surface area contributed by atoms with E-state index in [0.29, 0.717) is 12.2 Å². The van der Waals surface area contributed by atoms with Crippen molar-refractivity contribution in [2.45, 2.75) is 20.5 Å². The number of anilines is 1. The van der Waals surface area contributed by atoms with E-state index in [1.807, 2.05) is 0 Å². The van der Waals surface area contributed by atoms with Crippen molar-refractivity contribution in [1.82, 2.24) is 0 Å². The van der Waals surface area contributed by atoms with Gasteiger partial charge in [0.2, 0.25) is 0 Å². The summed E-state index contributed by atoms with van der Waals surface area (Å²) in [6.07, 6.45) is 0. The minimum atomic E-state index is -0.663.